The van der Waals surface area contributed by atoms with E-state index < -0.39 is 41.1 Å². The molecule has 4 aromatic rings. The monoisotopic (exact) mass is 556 g/mol. The second-order valence-corrected chi connectivity index (χ2v) is 10.8. The highest BCUT2D eigenvalue weighted by atomic mass is 16.6. The number of phenolic OH excluding ortho intramolecular Hbond substituents is 2. The molecule has 41 heavy (non-hydrogen) atoms. The molecule has 208 valence electrons. The van der Waals surface area contributed by atoms with Gasteiger partial charge in [0.15, 0.2) is 11.7 Å². The molecule has 3 aliphatic rings. The van der Waals surface area contributed by atoms with Crippen LogP contribution in [-0.2, 0) is 19.0 Å². The molecule has 0 radical (unpaired) electrons. The van der Waals surface area contributed by atoms with Crippen LogP contribution in [0.15, 0.2) is 48.5 Å². The Morgan fingerprint density at radius 3 is 1.78 bits per heavy atom. The maximum atomic E-state index is 13.9. The number of hydrogen-bond acceptors (Lipinski definition) is 10. The molecule has 3 aliphatic heterocycles. The van der Waals surface area contributed by atoms with Gasteiger partial charge in [-0.05, 0) is 13.8 Å². The Hall–Kier alpha value is -4.99. The zero-order valence-corrected chi connectivity index (χ0v) is 22.4. The number of hydrogen-bond donors (Lipinski definition) is 2. The van der Waals surface area contributed by atoms with E-state index in [1.165, 1.54) is 14.2 Å². The number of rotatable bonds is 2. The number of ether oxygens (including phenoxy) is 5. The fraction of sp³-hybridized carbons (Fsp3) is 0.258. The summed E-state index contributed by atoms with van der Waals surface area (Å²) in [5.74, 6) is -4.10. The van der Waals surface area contributed by atoms with Gasteiger partial charge in [0, 0.05) is 27.1 Å². The molecule has 7 rings (SSSR count). The fourth-order valence-electron chi connectivity index (χ4n) is 6.79. The topological polar surface area (TPSA) is 138 Å². The molecule has 3 heterocycles. The van der Waals surface area contributed by atoms with Crippen LogP contribution in [0.4, 0.5) is 0 Å². The maximum Gasteiger partial charge on any atom is 0.342 e. The van der Waals surface area contributed by atoms with Crippen LogP contribution in [0.1, 0.15) is 57.7 Å². The largest absolute Gasteiger partial charge is 0.506 e. The zero-order chi connectivity index (χ0) is 29.0. The molecule has 3 atom stereocenters. The number of cyclic esters (lactones) is 1. The van der Waals surface area contributed by atoms with E-state index in [2.05, 4.69) is 0 Å². The number of fused-ring (bicyclic) bond motifs is 8. The molecular formula is C31H24O10. The molecular weight excluding hydrogens is 532 g/mol. The summed E-state index contributed by atoms with van der Waals surface area (Å²) in [6.45, 7) is 3.30. The van der Waals surface area contributed by atoms with Crippen LogP contribution >= 0.6 is 0 Å². The summed E-state index contributed by atoms with van der Waals surface area (Å²) < 4.78 is 29.5. The van der Waals surface area contributed by atoms with Crippen molar-refractivity contribution in [1.82, 2.24) is 0 Å². The van der Waals surface area contributed by atoms with Gasteiger partial charge in [0.2, 0.25) is 5.60 Å². The van der Waals surface area contributed by atoms with Crippen molar-refractivity contribution >= 4 is 39.5 Å². The van der Waals surface area contributed by atoms with Crippen LogP contribution in [0.25, 0.3) is 21.5 Å². The predicted octanol–water partition coefficient (Wildman–Crippen LogP) is 4.66. The fourth-order valence-corrected chi connectivity index (χ4v) is 6.79. The van der Waals surface area contributed by atoms with Crippen molar-refractivity contribution < 1.29 is 48.3 Å². The van der Waals surface area contributed by atoms with Crippen LogP contribution in [0.3, 0.4) is 0 Å². The SMILES string of the molecule is COC(=O)c1c2c(c3ccccc3c1O)O[C@H]1c3c(C(=O)OC)c(O)c4ccccc4c3OC13C2C(=O)OC3(C)C. The van der Waals surface area contributed by atoms with Gasteiger partial charge in [-0.15, -0.1) is 0 Å². The summed E-state index contributed by atoms with van der Waals surface area (Å²) in [6.07, 6.45) is -1.18. The first-order chi connectivity index (χ1) is 19.6. The number of carbonyl (C=O) groups excluding carboxylic acids is 3. The van der Waals surface area contributed by atoms with Crippen LogP contribution < -0.4 is 9.47 Å². The maximum absolute atomic E-state index is 13.9. The van der Waals surface area contributed by atoms with Crippen LogP contribution in [-0.4, -0.2) is 53.5 Å². The molecule has 10 heteroatoms. The van der Waals surface area contributed by atoms with Gasteiger partial charge in [-0.3, -0.25) is 4.79 Å². The molecule has 1 saturated heterocycles. The van der Waals surface area contributed by atoms with E-state index in [1.54, 1.807) is 62.4 Å². The van der Waals surface area contributed by atoms with Gasteiger partial charge in [-0.25, -0.2) is 9.59 Å². The molecule has 0 amide bonds. The minimum Gasteiger partial charge on any atom is -0.506 e. The van der Waals surface area contributed by atoms with E-state index in [-0.39, 0.29) is 45.3 Å². The Labute approximate surface area is 232 Å². The lowest BCUT2D eigenvalue weighted by Crippen LogP contribution is -2.59. The average Bonchev–Trinajstić information content (AvgIpc) is 3.42. The predicted molar refractivity (Wildman–Crippen MR) is 144 cm³/mol. The van der Waals surface area contributed by atoms with Crippen molar-refractivity contribution in [3.05, 3.63) is 70.8 Å². The van der Waals surface area contributed by atoms with Crippen molar-refractivity contribution in [3.63, 3.8) is 0 Å². The summed E-state index contributed by atoms with van der Waals surface area (Å²) in [5, 5.41) is 24.2. The molecule has 0 aliphatic carbocycles. The highest BCUT2D eigenvalue weighted by Gasteiger charge is 2.76. The summed E-state index contributed by atoms with van der Waals surface area (Å²) in [6, 6.07) is 13.5. The molecule has 1 fully saturated rings. The molecule has 0 aromatic heterocycles. The minimum absolute atomic E-state index is 0.0563. The zero-order valence-electron chi connectivity index (χ0n) is 22.4. The second kappa shape index (κ2) is 8.03. The third-order valence-electron chi connectivity index (χ3n) is 8.54. The highest BCUT2D eigenvalue weighted by molar-refractivity contribution is 6.10. The standard InChI is InChI=1S/C31H24O10/c1-30(2)31-21(29(36)41-30)17-18(27(34)37-3)22(32)13-9-5-7-11-15(13)24(17)39-26(31)20-19(28(35)38-4)23(33)14-10-6-8-12-16(14)25(20)40-31/h5-12,21,26,32-33H,1-4H3/t21?,26-,31?/m0/s1. The van der Waals surface area contributed by atoms with Gasteiger partial charge < -0.3 is 33.9 Å². The molecule has 2 N–H and O–H groups in total. The summed E-state index contributed by atoms with van der Waals surface area (Å²) in [7, 11) is 2.36. The second-order valence-electron chi connectivity index (χ2n) is 10.8. The van der Waals surface area contributed by atoms with E-state index in [4.69, 9.17) is 23.7 Å². The Morgan fingerprint density at radius 2 is 1.24 bits per heavy atom. The van der Waals surface area contributed by atoms with E-state index in [1.807, 2.05) is 0 Å². The number of benzene rings is 4. The van der Waals surface area contributed by atoms with Gasteiger partial charge in [0.1, 0.15) is 40.0 Å². The lowest BCUT2D eigenvalue weighted by atomic mass is 9.67. The van der Waals surface area contributed by atoms with Crippen molar-refractivity contribution in [2.24, 2.45) is 0 Å². The molecule has 10 nitrogen and oxygen atoms in total. The quantitative estimate of drug-likeness (QED) is 0.265. The molecule has 0 saturated carbocycles. The lowest BCUT2D eigenvalue weighted by Gasteiger charge is -2.45. The Balaban J connectivity index is 1.66. The molecule has 1 spiro atoms. The Morgan fingerprint density at radius 1 is 0.756 bits per heavy atom. The van der Waals surface area contributed by atoms with Gasteiger partial charge in [-0.2, -0.15) is 0 Å². The number of esters is 3. The number of carbonyl (C=O) groups is 3. The average molecular weight is 557 g/mol. The van der Waals surface area contributed by atoms with E-state index in [0.717, 1.165) is 0 Å². The van der Waals surface area contributed by atoms with Crippen molar-refractivity contribution in [2.45, 2.75) is 37.1 Å². The van der Waals surface area contributed by atoms with E-state index in [9.17, 15) is 24.6 Å². The van der Waals surface area contributed by atoms with Crippen LogP contribution in [0.2, 0.25) is 0 Å². The van der Waals surface area contributed by atoms with Gasteiger partial charge in [0.25, 0.3) is 0 Å². The first-order valence-corrected chi connectivity index (χ1v) is 12.9. The van der Waals surface area contributed by atoms with Crippen LogP contribution in [0.5, 0.6) is 23.0 Å². The summed E-state index contributed by atoms with van der Waals surface area (Å²) in [4.78, 5) is 40.3. The molecule has 2 unspecified atom stereocenters. The van der Waals surface area contributed by atoms with E-state index in [0.29, 0.717) is 21.5 Å². The third kappa shape index (κ3) is 2.83. The first-order valence-electron chi connectivity index (χ1n) is 12.9. The highest BCUT2D eigenvalue weighted by Crippen LogP contribution is 2.68. The van der Waals surface area contributed by atoms with Gasteiger partial charge in [-0.1, -0.05) is 48.5 Å². The third-order valence-corrected chi connectivity index (χ3v) is 8.54. The summed E-state index contributed by atoms with van der Waals surface area (Å²) >= 11 is 0. The van der Waals surface area contributed by atoms with Crippen LogP contribution in [0, 0.1) is 0 Å². The number of phenols is 2. The number of methoxy groups -OCH3 is 2. The van der Waals surface area contributed by atoms with Crippen molar-refractivity contribution in [1.29, 1.82) is 0 Å². The lowest BCUT2D eigenvalue weighted by molar-refractivity contribution is -0.154. The normalized spacial score (nSPS) is 23.0. The van der Waals surface area contributed by atoms with Gasteiger partial charge >= 0.3 is 17.9 Å². The summed E-state index contributed by atoms with van der Waals surface area (Å²) in [5.41, 5.74) is -3.23. The smallest absolute Gasteiger partial charge is 0.342 e. The van der Waals surface area contributed by atoms with Gasteiger partial charge in [0.05, 0.1) is 19.8 Å². The number of aromatic hydroxyl groups is 2. The van der Waals surface area contributed by atoms with E-state index >= 15 is 0 Å². The molecule has 4 aromatic carbocycles. The minimum atomic E-state index is -1.67. The molecule has 0 bridgehead atoms. The van der Waals surface area contributed by atoms with Crippen molar-refractivity contribution in [2.75, 3.05) is 14.2 Å². The Kier molecular flexibility index (Phi) is 4.90. The first kappa shape index (κ1) is 25.0. The Bertz CT molecular complexity index is 1870. The van der Waals surface area contributed by atoms with Crippen molar-refractivity contribution in [3.8, 4) is 23.0 Å².